The number of nitrogens with two attached hydrogens (primary N) is 1. The number of hydrogen-bond acceptors (Lipinski definition) is 5. The SMILES string of the molecule is CO.NCCO.OCCO. The summed E-state index contributed by atoms with van der Waals surface area (Å²) in [5.41, 5.74) is 4.78. The van der Waals surface area contributed by atoms with Gasteiger partial charge >= 0.3 is 0 Å². The van der Waals surface area contributed by atoms with Crippen LogP contribution in [0.5, 0.6) is 0 Å². The van der Waals surface area contributed by atoms with E-state index in [1.807, 2.05) is 0 Å². The standard InChI is InChI=1S/C2H7NO.C2H6O2.CH4O/c2*3-1-2-4;1-2/h4H,1-3H2;3-4H,1-2H2;2H,1H3. The Bertz CT molecular complexity index is 21.6. The average Bonchev–Trinajstić information content (AvgIpc) is 2.08. The molecule has 0 aromatic rings. The molecule has 0 bridgehead atoms. The number of aliphatic hydroxyl groups excluding tert-OH is 4. The molecule has 0 aliphatic rings. The highest BCUT2D eigenvalue weighted by molar-refractivity contribution is 4.17. The Kier molecular flexibility index (Phi) is 60.9. The molecule has 0 aromatic carbocycles. The van der Waals surface area contributed by atoms with E-state index < -0.39 is 0 Å². The number of hydrogen-bond donors (Lipinski definition) is 5. The minimum absolute atomic E-state index is 0.0972. The van der Waals surface area contributed by atoms with Gasteiger partial charge in [0, 0.05) is 13.7 Å². The van der Waals surface area contributed by atoms with Gasteiger partial charge in [0.1, 0.15) is 0 Å². The Labute approximate surface area is 60.7 Å². The van der Waals surface area contributed by atoms with E-state index in [0.29, 0.717) is 6.54 Å². The molecule has 0 unspecified atom stereocenters. The Balaban J connectivity index is -0.0000000787. The first-order valence-corrected chi connectivity index (χ1v) is 2.80. The lowest BCUT2D eigenvalue weighted by Gasteiger charge is -1.71. The van der Waals surface area contributed by atoms with E-state index >= 15 is 0 Å². The van der Waals surface area contributed by atoms with Crippen molar-refractivity contribution < 1.29 is 20.4 Å². The fourth-order valence-electron chi connectivity index (χ4n) is 0. The summed E-state index contributed by atoms with van der Waals surface area (Å²) in [5, 5.41) is 30.0. The van der Waals surface area contributed by atoms with Crippen LogP contribution in [0.15, 0.2) is 0 Å². The maximum absolute atomic E-state index is 7.75. The van der Waals surface area contributed by atoms with Crippen LogP contribution in [-0.4, -0.2) is 53.9 Å². The van der Waals surface area contributed by atoms with Crippen LogP contribution in [-0.2, 0) is 0 Å². The summed E-state index contributed by atoms with van der Waals surface area (Å²) in [6.45, 7) is 0.222. The second-order valence-electron chi connectivity index (χ2n) is 0.959. The second-order valence-corrected chi connectivity index (χ2v) is 0.959. The van der Waals surface area contributed by atoms with Gasteiger partial charge in [0.25, 0.3) is 0 Å². The molecular formula is C5H17NO4. The predicted molar refractivity (Wildman–Crippen MR) is 38.5 cm³/mol. The van der Waals surface area contributed by atoms with Crippen molar-refractivity contribution in [3.8, 4) is 0 Å². The van der Waals surface area contributed by atoms with Gasteiger partial charge in [0.15, 0.2) is 0 Å². The summed E-state index contributed by atoms with van der Waals surface area (Å²) in [6.07, 6.45) is 0. The molecule has 5 nitrogen and oxygen atoms in total. The molecule has 0 aliphatic carbocycles. The molecule has 0 rings (SSSR count). The zero-order valence-electron chi connectivity index (χ0n) is 6.19. The number of rotatable bonds is 2. The first-order chi connectivity index (χ1) is 4.83. The highest BCUT2D eigenvalue weighted by atomic mass is 16.3. The van der Waals surface area contributed by atoms with E-state index in [2.05, 4.69) is 0 Å². The van der Waals surface area contributed by atoms with Crippen LogP contribution in [0.25, 0.3) is 0 Å². The van der Waals surface area contributed by atoms with Gasteiger partial charge in [-0.15, -0.1) is 0 Å². The maximum Gasteiger partial charge on any atom is 0.0662 e. The van der Waals surface area contributed by atoms with E-state index in [0.717, 1.165) is 7.11 Å². The van der Waals surface area contributed by atoms with Crippen molar-refractivity contribution in [2.24, 2.45) is 5.73 Å². The molecular weight excluding hydrogens is 138 g/mol. The fourth-order valence-corrected chi connectivity index (χ4v) is 0. The molecule has 10 heavy (non-hydrogen) atoms. The van der Waals surface area contributed by atoms with Crippen LogP contribution >= 0.6 is 0 Å². The number of aliphatic hydroxyl groups is 4. The van der Waals surface area contributed by atoms with E-state index in [9.17, 15) is 0 Å². The van der Waals surface area contributed by atoms with E-state index in [1.165, 1.54) is 0 Å². The lowest BCUT2D eigenvalue weighted by atomic mass is 10.8. The third kappa shape index (κ3) is 111. The van der Waals surface area contributed by atoms with Crippen LogP contribution in [0.3, 0.4) is 0 Å². The monoisotopic (exact) mass is 155 g/mol. The lowest BCUT2D eigenvalue weighted by molar-refractivity contribution is 0.186. The van der Waals surface area contributed by atoms with Crippen molar-refractivity contribution in [3.63, 3.8) is 0 Å². The minimum atomic E-state index is -0.125. The summed E-state index contributed by atoms with van der Waals surface area (Å²) < 4.78 is 0. The van der Waals surface area contributed by atoms with Crippen LogP contribution < -0.4 is 5.73 Å². The Morgan fingerprint density at radius 3 is 1.10 bits per heavy atom. The highest BCUT2D eigenvalue weighted by Crippen LogP contribution is 1.39. The highest BCUT2D eigenvalue weighted by Gasteiger charge is 1.58. The zero-order valence-corrected chi connectivity index (χ0v) is 6.19. The minimum Gasteiger partial charge on any atom is -0.400 e. The van der Waals surface area contributed by atoms with Gasteiger partial charge in [-0.3, -0.25) is 0 Å². The summed E-state index contributed by atoms with van der Waals surface area (Å²) in [5.74, 6) is 0. The van der Waals surface area contributed by atoms with Crippen LogP contribution in [0.4, 0.5) is 0 Å². The molecule has 0 atom stereocenters. The quantitative estimate of drug-likeness (QED) is 0.303. The molecule has 0 fully saturated rings. The fraction of sp³-hybridized carbons (Fsp3) is 1.00. The van der Waals surface area contributed by atoms with Crippen molar-refractivity contribution in [2.45, 2.75) is 0 Å². The van der Waals surface area contributed by atoms with Gasteiger partial charge in [0.2, 0.25) is 0 Å². The summed E-state index contributed by atoms with van der Waals surface area (Å²) in [6, 6.07) is 0. The van der Waals surface area contributed by atoms with Gasteiger partial charge in [-0.2, -0.15) is 0 Å². The molecule has 5 heteroatoms. The first-order valence-electron chi connectivity index (χ1n) is 2.80. The normalized spacial score (nSPS) is 6.60. The Morgan fingerprint density at radius 1 is 0.900 bits per heavy atom. The van der Waals surface area contributed by atoms with Crippen LogP contribution in [0.2, 0.25) is 0 Å². The van der Waals surface area contributed by atoms with Crippen LogP contribution in [0.1, 0.15) is 0 Å². The largest absolute Gasteiger partial charge is 0.400 e. The van der Waals surface area contributed by atoms with Gasteiger partial charge < -0.3 is 26.2 Å². The molecule has 0 spiro atoms. The zero-order chi connectivity index (χ0) is 8.83. The Morgan fingerprint density at radius 2 is 1.10 bits per heavy atom. The molecule has 0 aliphatic heterocycles. The first kappa shape index (κ1) is 16.4. The molecule has 0 heterocycles. The lowest BCUT2D eigenvalue weighted by Crippen LogP contribution is -2.02. The average molecular weight is 155 g/mol. The van der Waals surface area contributed by atoms with Gasteiger partial charge in [0.05, 0.1) is 19.8 Å². The third-order valence-electron chi connectivity index (χ3n) is 0.229. The van der Waals surface area contributed by atoms with Crippen molar-refractivity contribution in [3.05, 3.63) is 0 Å². The topological polar surface area (TPSA) is 107 Å². The smallest absolute Gasteiger partial charge is 0.0662 e. The Hall–Kier alpha value is -0.200. The van der Waals surface area contributed by atoms with Crippen molar-refractivity contribution >= 4 is 0 Å². The van der Waals surface area contributed by atoms with Crippen molar-refractivity contribution in [1.29, 1.82) is 0 Å². The van der Waals surface area contributed by atoms with Crippen LogP contribution in [0, 0.1) is 0 Å². The molecule has 0 amide bonds. The van der Waals surface area contributed by atoms with Crippen molar-refractivity contribution in [1.82, 2.24) is 0 Å². The molecule has 0 saturated heterocycles. The summed E-state index contributed by atoms with van der Waals surface area (Å²) in [4.78, 5) is 0. The molecule has 0 radical (unpaired) electrons. The molecule has 66 valence electrons. The van der Waals surface area contributed by atoms with Gasteiger partial charge in [-0.05, 0) is 0 Å². The molecule has 0 aromatic heterocycles. The van der Waals surface area contributed by atoms with Gasteiger partial charge in [-0.1, -0.05) is 0 Å². The summed E-state index contributed by atoms with van der Waals surface area (Å²) >= 11 is 0. The molecule has 0 saturated carbocycles. The van der Waals surface area contributed by atoms with Crippen molar-refractivity contribution in [2.75, 3.05) is 33.5 Å². The predicted octanol–water partition coefficient (Wildman–Crippen LogP) is -2.48. The third-order valence-corrected chi connectivity index (χ3v) is 0.229. The van der Waals surface area contributed by atoms with E-state index in [-0.39, 0.29) is 19.8 Å². The molecule has 6 N–H and O–H groups in total. The second kappa shape index (κ2) is 37.1. The summed E-state index contributed by atoms with van der Waals surface area (Å²) in [7, 11) is 1.00. The van der Waals surface area contributed by atoms with E-state index in [1.54, 1.807) is 0 Å². The maximum atomic E-state index is 7.75. The van der Waals surface area contributed by atoms with E-state index in [4.69, 9.17) is 26.2 Å². The van der Waals surface area contributed by atoms with Gasteiger partial charge in [-0.25, -0.2) is 0 Å².